The van der Waals surface area contributed by atoms with Crippen molar-refractivity contribution in [3.63, 3.8) is 0 Å². The van der Waals surface area contributed by atoms with E-state index in [1.807, 2.05) is 44.9 Å². The second-order valence-electron chi connectivity index (χ2n) is 14.7. The molecule has 14 nitrogen and oxygen atoms in total. The Kier molecular flexibility index (Phi) is 10.8. The number of H-pyrrole nitrogens is 2. The minimum atomic E-state index is -0.723. The fraction of sp³-hybridized carbons (Fsp3) is 0.474. The van der Waals surface area contributed by atoms with Crippen LogP contribution < -0.4 is 10.6 Å². The third-order valence-corrected chi connectivity index (χ3v) is 12.7. The number of aromatic amines is 2. The molecule has 54 heavy (non-hydrogen) atoms. The Morgan fingerprint density at radius 1 is 0.870 bits per heavy atom. The maximum absolute atomic E-state index is 13.6. The lowest BCUT2D eigenvalue weighted by Crippen LogP contribution is -2.51. The van der Waals surface area contributed by atoms with Crippen LogP contribution in [0, 0.1) is 11.8 Å². The molecule has 4 atom stereocenters. The molecule has 5 aromatic rings. The largest absolute Gasteiger partial charge is 0.453 e. The molecule has 6 heterocycles. The number of hydrogen-bond acceptors (Lipinski definition) is 10. The van der Waals surface area contributed by atoms with Crippen LogP contribution in [0.5, 0.6) is 0 Å². The van der Waals surface area contributed by atoms with E-state index in [2.05, 4.69) is 44.9 Å². The number of alkyl carbamates (subject to hydrolysis) is 1. The zero-order chi connectivity index (χ0) is 38.3. The van der Waals surface area contributed by atoms with Gasteiger partial charge in [-0.15, -0.1) is 22.7 Å². The SMILES string of the molecule is COC(=O)N[C@@H](C(=O)N1CCC[C@@H]1c1ncc(-c2cc3sc(-c4ccc5[nH]c(C6CCCN6C(=O)[C@H](NC(=O)CO)C(C)C)nc5c4)cc3s2)[nH]1)C(C)C. The van der Waals surface area contributed by atoms with Gasteiger partial charge in [0.2, 0.25) is 17.7 Å². The second kappa shape index (κ2) is 15.5. The molecule has 0 radical (unpaired) electrons. The number of hydrogen-bond donors (Lipinski definition) is 5. The molecular formula is C38H46N8O6S2. The fourth-order valence-corrected chi connectivity index (χ4v) is 9.86. The van der Waals surface area contributed by atoms with Gasteiger partial charge in [-0.25, -0.2) is 14.8 Å². The van der Waals surface area contributed by atoms with E-state index in [1.165, 1.54) is 7.11 Å². The molecule has 1 unspecified atom stereocenters. The number of imidazole rings is 2. The minimum absolute atomic E-state index is 0.105. The van der Waals surface area contributed by atoms with Gasteiger partial charge in [0.1, 0.15) is 30.3 Å². The number of carbonyl (C=O) groups is 4. The maximum Gasteiger partial charge on any atom is 0.407 e. The lowest BCUT2D eigenvalue weighted by molar-refractivity contribution is -0.139. The summed E-state index contributed by atoms with van der Waals surface area (Å²) >= 11 is 3.39. The summed E-state index contributed by atoms with van der Waals surface area (Å²) in [7, 11) is 1.29. The molecule has 5 N–H and O–H groups in total. The molecule has 0 spiro atoms. The normalized spacial score (nSPS) is 18.6. The van der Waals surface area contributed by atoms with E-state index in [-0.39, 0.29) is 35.7 Å². The molecule has 2 aliphatic heterocycles. The Bertz CT molecular complexity index is 2150. The third-order valence-electron chi connectivity index (χ3n) is 10.3. The van der Waals surface area contributed by atoms with Crippen molar-refractivity contribution in [3.05, 3.63) is 48.2 Å². The number of nitrogens with zero attached hydrogens (tertiary/aromatic N) is 4. The Hall–Kier alpha value is -4.80. The van der Waals surface area contributed by atoms with E-state index in [9.17, 15) is 24.3 Å². The van der Waals surface area contributed by atoms with Crippen molar-refractivity contribution in [1.29, 1.82) is 0 Å². The van der Waals surface area contributed by atoms with Gasteiger partial charge in [0.25, 0.3) is 0 Å². The number of aliphatic hydroxyl groups excluding tert-OH is 1. The molecule has 0 bridgehead atoms. The average Bonchev–Trinajstić information content (AvgIpc) is 3.99. The topological polar surface area (TPSA) is 186 Å². The van der Waals surface area contributed by atoms with Crippen LogP contribution in [0.1, 0.15) is 77.1 Å². The highest BCUT2D eigenvalue weighted by molar-refractivity contribution is 7.31. The predicted molar refractivity (Wildman–Crippen MR) is 208 cm³/mol. The van der Waals surface area contributed by atoms with Gasteiger partial charge in [0, 0.05) is 27.4 Å². The van der Waals surface area contributed by atoms with Crippen molar-refractivity contribution in [1.82, 2.24) is 40.4 Å². The smallest absolute Gasteiger partial charge is 0.407 e. The Labute approximate surface area is 320 Å². The summed E-state index contributed by atoms with van der Waals surface area (Å²) in [5.41, 5.74) is 3.66. The maximum atomic E-state index is 13.6. The van der Waals surface area contributed by atoms with Gasteiger partial charge in [0.05, 0.1) is 47.0 Å². The Balaban J connectivity index is 1.06. The van der Waals surface area contributed by atoms with Gasteiger partial charge in [-0.1, -0.05) is 33.8 Å². The number of methoxy groups -OCH3 is 1. The number of nitrogens with one attached hydrogen (secondary N) is 4. The predicted octanol–water partition coefficient (Wildman–Crippen LogP) is 5.74. The number of rotatable bonds is 11. The molecule has 0 aliphatic carbocycles. The molecular weight excluding hydrogens is 729 g/mol. The number of ether oxygens (including phenoxy) is 1. The molecule has 4 aromatic heterocycles. The molecule has 16 heteroatoms. The molecule has 4 amide bonds. The van der Waals surface area contributed by atoms with Gasteiger partial charge < -0.3 is 40.2 Å². The first-order valence-corrected chi connectivity index (χ1v) is 20.0. The fourth-order valence-electron chi connectivity index (χ4n) is 7.50. The molecule has 2 aliphatic rings. The van der Waals surface area contributed by atoms with E-state index in [0.29, 0.717) is 13.1 Å². The number of thiophene rings is 2. The number of amides is 4. The van der Waals surface area contributed by atoms with Gasteiger partial charge >= 0.3 is 6.09 Å². The minimum Gasteiger partial charge on any atom is -0.453 e. The van der Waals surface area contributed by atoms with Gasteiger partial charge in [0.15, 0.2) is 0 Å². The quantitative estimate of drug-likeness (QED) is 0.113. The van der Waals surface area contributed by atoms with Crippen molar-refractivity contribution < 1.29 is 29.0 Å². The summed E-state index contributed by atoms with van der Waals surface area (Å²) in [5.74, 6) is 0.348. The lowest BCUT2D eigenvalue weighted by atomic mass is 10.0. The number of aliphatic hydroxyl groups is 1. The molecule has 2 saturated heterocycles. The lowest BCUT2D eigenvalue weighted by Gasteiger charge is -2.30. The van der Waals surface area contributed by atoms with Gasteiger partial charge in [-0.2, -0.15) is 0 Å². The summed E-state index contributed by atoms with van der Waals surface area (Å²) in [4.78, 5) is 73.4. The number of aromatic nitrogens is 4. The van der Waals surface area contributed by atoms with E-state index in [4.69, 9.17) is 14.7 Å². The van der Waals surface area contributed by atoms with Crippen LogP contribution in [0.25, 0.3) is 41.4 Å². The van der Waals surface area contributed by atoms with Crippen LogP contribution in [-0.2, 0) is 19.1 Å². The van der Waals surface area contributed by atoms with Crippen LogP contribution in [0.2, 0.25) is 0 Å². The highest BCUT2D eigenvalue weighted by Gasteiger charge is 2.39. The van der Waals surface area contributed by atoms with Crippen LogP contribution in [0.3, 0.4) is 0 Å². The van der Waals surface area contributed by atoms with E-state index >= 15 is 0 Å². The summed E-state index contributed by atoms with van der Waals surface area (Å²) < 4.78 is 7.07. The molecule has 2 fully saturated rings. The summed E-state index contributed by atoms with van der Waals surface area (Å²) in [6.45, 7) is 8.07. The number of fused-ring (bicyclic) bond motifs is 2. The van der Waals surface area contributed by atoms with Crippen LogP contribution in [0.15, 0.2) is 36.5 Å². The average molecular weight is 775 g/mol. The van der Waals surface area contributed by atoms with Crippen molar-refractivity contribution in [2.75, 3.05) is 26.8 Å². The first kappa shape index (κ1) is 37.5. The van der Waals surface area contributed by atoms with Crippen LogP contribution in [-0.4, -0.2) is 97.5 Å². The highest BCUT2D eigenvalue weighted by Crippen LogP contribution is 2.43. The van der Waals surface area contributed by atoms with Crippen molar-refractivity contribution in [2.24, 2.45) is 11.8 Å². The van der Waals surface area contributed by atoms with Crippen molar-refractivity contribution >= 4 is 66.9 Å². The highest BCUT2D eigenvalue weighted by atomic mass is 32.1. The number of benzene rings is 1. The summed E-state index contributed by atoms with van der Waals surface area (Å²) in [6, 6.07) is 8.70. The van der Waals surface area contributed by atoms with Gasteiger partial charge in [-0.3, -0.25) is 14.4 Å². The Morgan fingerprint density at radius 3 is 2.11 bits per heavy atom. The summed E-state index contributed by atoms with van der Waals surface area (Å²) in [6.07, 6.45) is 4.44. The second-order valence-corrected chi connectivity index (χ2v) is 16.8. The molecule has 286 valence electrons. The first-order chi connectivity index (χ1) is 25.9. The van der Waals surface area contributed by atoms with Crippen molar-refractivity contribution in [3.8, 4) is 21.0 Å². The number of likely N-dealkylation sites (tertiary alicyclic amines) is 2. The molecule has 1 aromatic carbocycles. The monoisotopic (exact) mass is 774 g/mol. The zero-order valence-electron chi connectivity index (χ0n) is 31.0. The summed E-state index contributed by atoms with van der Waals surface area (Å²) in [5, 5.41) is 14.6. The standard InChI is InChI=1S/C38H46N8O6S2/c1-19(2)32(43-31(48)18-47)36(49)46-13-7-9-26(46)35-40-22-11-10-21(14-23(22)41-35)27-15-29-30(53-27)16-28(54-29)24-17-39-34(42-24)25-8-6-12-45(25)37(50)33(20(3)4)44-38(51)52-5/h10-11,14-17,19-20,25-26,32-33,47H,6-9,12-13,18H2,1-5H3,(H,39,42)(H,40,41)(H,43,48)(H,44,51)/t25-,26?,32-,33-/m1/s1. The molecule has 7 rings (SSSR count). The van der Waals surface area contributed by atoms with Crippen molar-refractivity contribution in [2.45, 2.75) is 77.5 Å². The van der Waals surface area contributed by atoms with Crippen LogP contribution in [0.4, 0.5) is 4.79 Å². The number of carbonyl (C=O) groups excluding carboxylic acids is 4. The van der Waals surface area contributed by atoms with Gasteiger partial charge in [-0.05, 0) is 67.3 Å². The Morgan fingerprint density at radius 2 is 1.48 bits per heavy atom. The zero-order valence-corrected chi connectivity index (χ0v) is 32.6. The third kappa shape index (κ3) is 7.33. The van der Waals surface area contributed by atoms with E-state index < -0.39 is 30.7 Å². The van der Waals surface area contributed by atoms with Crippen LogP contribution >= 0.6 is 22.7 Å². The van der Waals surface area contributed by atoms with E-state index in [0.717, 1.165) is 78.8 Å². The first-order valence-electron chi connectivity index (χ1n) is 18.4. The molecule has 0 saturated carbocycles. The van der Waals surface area contributed by atoms with E-state index in [1.54, 1.807) is 27.6 Å².